The van der Waals surface area contributed by atoms with Crippen molar-refractivity contribution in [1.29, 1.82) is 0 Å². The minimum atomic E-state index is -0.539. The van der Waals surface area contributed by atoms with E-state index in [-0.39, 0.29) is 17.1 Å². The summed E-state index contributed by atoms with van der Waals surface area (Å²) in [7, 11) is 0. The standard InChI is InChI=1S/C14H9Br3N2O3/c15-9-5-10(16)13(21)12(17)8(9)6-18-19-14(22)7-3-1-2-4-11(7)20/h1-6,20-21H,(H,19,22). The SMILES string of the molecule is O=C(NN=Cc1c(Br)cc(Br)c(O)c1Br)c1ccccc1O. The number of amides is 1. The highest BCUT2D eigenvalue weighted by molar-refractivity contribution is 9.11. The number of phenols is 2. The molecule has 2 aromatic rings. The first-order valence-corrected chi connectivity index (χ1v) is 8.27. The number of hydrogen-bond donors (Lipinski definition) is 3. The van der Waals surface area contributed by atoms with Crippen LogP contribution < -0.4 is 5.43 Å². The Hall–Kier alpha value is -1.38. The van der Waals surface area contributed by atoms with Crippen LogP contribution in [0, 0.1) is 0 Å². The van der Waals surface area contributed by atoms with Gasteiger partial charge in [0.15, 0.2) is 0 Å². The van der Waals surface area contributed by atoms with Gasteiger partial charge in [-0.2, -0.15) is 5.10 Å². The number of aromatic hydroxyl groups is 2. The number of para-hydroxylation sites is 1. The fourth-order valence-electron chi connectivity index (χ4n) is 1.59. The summed E-state index contributed by atoms with van der Waals surface area (Å²) in [5.41, 5.74) is 2.99. The molecule has 0 bridgehead atoms. The predicted molar refractivity (Wildman–Crippen MR) is 94.4 cm³/mol. The van der Waals surface area contributed by atoms with Crippen LogP contribution in [0.4, 0.5) is 0 Å². The zero-order chi connectivity index (χ0) is 16.3. The van der Waals surface area contributed by atoms with Crippen LogP contribution in [0.3, 0.4) is 0 Å². The molecule has 0 atom stereocenters. The summed E-state index contributed by atoms with van der Waals surface area (Å²) in [6.45, 7) is 0. The average molecular weight is 493 g/mol. The van der Waals surface area contributed by atoms with Crippen LogP contribution in [0.5, 0.6) is 11.5 Å². The van der Waals surface area contributed by atoms with Crippen LogP contribution >= 0.6 is 47.8 Å². The van der Waals surface area contributed by atoms with Crippen LogP contribution in [0.2, 0.25) is 0 Å². The van der Waals surface area contributed by atoms with Crippen molar-refractivity contribution in [2.24, 2.45) is 5.10 Å². The van der Waals surface area contributed by atoms with Gasteiger partial charge in [0, 0.05) is 10.0 Å². The molecule has 0 aliphatic rings. The molecule has 0 aromatic heterocycles. The number of benzene rings is 2. The molecule has 2 aromatic carbocycles. The van der Waals surface area contributed by atoms with Crippen LogP contribution in [0.15, 0.2) is 48.9 Å². The van der Waals surface area contributed by atoms with Crippen molar-refractivity contribution in [2.45, 2.75) is 0 Å². The van der Waals surface area contributed by atoms with Gasteiger partial charge in [-0.25, -0.2) is 5.43 Å². The van der Waals surface area contributed by atoms with Gasteiger partial charge in [0.05, 0.1) is 20.7 Å². The first kappa shape index (κ1) is 17.0. The molecular formula is C14H9Br3N2O3. The quantitative estimate of drug-likeness (QED) is 0.445. The lowest BCUT2D eigenvalue weighted by atomic mass is 10.2. The van der Waals surface area contributed by atoms with Crippen molar-refractivity contribution in [2.75, 3.05) is 0 Å². The summed E-state index contributed by atoms with van der Waals surface area (Å²) in [5.74, 6) is -0.640. The van der Waals surface area contributed by atoms with Gasteiger partial charge >= 0.3 is 0 Å². The van der Waals surface area contributed by atoms with Crippen molar-refractivity contribution >= 4 is 59.9 Å². The van der Waals surface area contributed by atoms with Gasteiger partial charge in [-0.1, -0.05) is 28.1 Å². The summed E-state index contributed by atoms with van der Waals surface area (Å²) in [6.07, 6.45) is 1.37. The maximum Gasteiger partial charge on any atom is 0.275 e. The minimum absolute atomic E-state index is 0.0247. The maximum absolute atomic E-state index is 11.9. The fraction of sp³-hybridized carbons (Fsp3) is 0. The molecule has 0 radical (unpaired) electrons. The summed E-state index contributed by atoms with van der Waals surface area (Å²) in [5, 5.41) is 23.3. The third-order valence-electron chi connectivity index (χ3n) is 2.69. The Balaban J connectivity index is 2.19. The van der Waals surface area contributed by atoms with Crippen LogP contribution in [-0.4, -0.2) is 22.3 Å². The van der Waals surface area contributed by atoms with E-state index in [9.17, 15) is 15.0 Å². The van der Waals surface area contributed by atoms with Crippen molar-refractivity contribution in [3.05, 3.63) is 54.9 Å². The summed E-state index contributed by atoms with van der Waals surface area (Å²) in [4.78, 5) is 11.9. The van der Waals surface area contributed by atoms with E-state index in [1.54, 1.807) is 18.2 Å². The van der Waals surface area contributed by atoms with Gasteiger partial charge in [0.1, 0.15) is 11.5 Å². The van der Waals surface area contributed by atoms with E-state index in [2.05, 4.69) is 58.3 Å². The molecule has 0 spiro atoms. The van der Waals surface area contributed by atoms with Gasteiger partial charge in [-0.15, -0.1) is 0 Å². The Kier molecular flexibility index (Phi) is 5.60. The second-order valence-corrected chi connectivity index (χ2v) is 6.63. The Morgan fingerprint density at radius 1 is 1.14 bits per heavy atom. The molecule has 8 heteroatoms. The third kappa shape index (κ3) is 3.68. The number of hydrogen-bond acceptors (Lipinski definition) is 4. The minimum Gasteiger partial charge on any atom is -0.507 e. The van der Waals surface area contributed by atoms with E-state index >= 15 is 0 Å². The topological polar surface area (TPSA) is 81.9 Å². The first-order valence-electron chi connectivity index (χ1n) is 5.89. The highest BCUT2D eigenvalue weighted by atomic mass is 79.9. The number of carbonyl (C=O) groups is 1. The van der Waals surface area contributed by atoms with E-state index in [1.807, 2.05) is 0 Å². The van der Waals surface area contributed by atoms with Gasteiger partial charge in [-0.3, -0.25) is 4.79 Å². The molecular weight excluding hydrogens is 484 g/mol. The molecule has 0 fully saturated rings. The molecule has 5 nitrogen and oxygen atoms in total. The summed E-state index contributed by atoms with van der Waals surface area (Å²) in [6, 6.07) is 7.81. The molecule has 3 N–H and O–H groups in total. The van der Waals surface area contributed by atoms with Gasteiger partial charge in [-0.05, 0) is 50.1 Å². The Labute approximate surface area is 151 Å². The molecule has 2 rings (SSSR count). The lowest BCUT2D eigenvalue weighted by molar-refractivity contribution is 0.0952. The molecule has 22 heavy (non-hydrogen) atoms. The number of rotatable bonds is 3. The van der Waals surface area contributed by atoms with E-state index in [4.69, 9.17) is 0 Å². The van der Waals surface area contributed by atoms with Crippen molar-refractivity contribution in [3.8, 4) is 11.5 Å². The smallest absolute Gasteiger partial charge is 0.275 e. The predicted octanol–water partition coefficient (Wildman–Crippen LogP) is 4.15. The normalized spacial score (nSPS) is 10.9. The lowest BCUT2D eigenvalue weighted by Crippen LogP contribution is -2.17. The van der Waals surface area contributed by atoms with Crippen LogP contribution in [-0.2, 0) is 0 Å². The highest BCUT2D eigenvalue weighted by Crippen LogP contribution is 2.38. The van der Waals surface area contributed by atoms with Crippen LogP contribution in [0.1, 0.15) is 15.9 Å². The molecule has 0 unspecified atom stereocenters. The number of halogens is 3. The number of nitrogens with zero attached hydrogens (tertiary/aromatic N) is 1. The second kappa shape index (κ2) is 7.26. The van der Waals surface area contributed by atoms with E-state index in [0.717, 1.165) is 0 Å². The molecule has 114 valence electrons. The zero-order valence-electron chi connectivity index (χ0n) is 10.8. The van der Waals surface area contributed by atoms with E-state index in [1.165, 1.54) is 18.3 Å². The van der Waals surface area contributed by atoms with E-state index < -0.39 is 5.91 Å². The van der Waals surface area contributed by atoms with Crippen molar-refractivity contribution in [1.82, 2.24) is 5.43 Å². The summed E-state index contributed by atoms with van der Waals surface area (Å²) >= 11 is 9.80. The van der Waals surface area contributed by atoms with E-state index in [0.29, 0.717) is 19.0 Å². The van der Waals surface area contributed by atoms with Gasteiger partial charge in [0.25, 0.3) is 5.91 Å². The lowest BCUT2D eigenvalue weighted by Gasteiger charge is -2.07. The monoisotopic (exact) mass is 490 g/mol. The molecule has 0 saturated heterocycles. The molecule has 0 aliphatic heterocycles. The Morgan fingerprint density at radius 3 is 2.50 bits per heavy atom. The molecule has 1 amide bonds. The largest absolute Gasteiger partial charge is 0.507 e. The molecule has 0 saturated carbocycles. The third-order valence-corrected chi connectivity index (χ3v) is 4.75. The Bertz CT molecular complexity index is 763. The van der Waals surface area contributed by atoms with Gasteiger partial charge < -0.3 is 10.2 Å². The van der Waals surface area contributed by atoms with Gasteiger partial charge in [0.2, 0.25) is 0 Å². The summed E-state index contributed by atoms with van der Waals surface area (Å²) < 4.78 is 1.61. The van der Waals surface area contributed by atoms with Crippen LogP contribution in [0.25, 0.3) is 0 Å². The zero-order valence-corrected chi connectivity index (χ0v) is 15.6. The fourth-order valence-corrected chi connectivity index (χ4v) is 3.92. The number of phenolic OH excluding ortho intramolecular Hbond substituents is 2. The first-order chi connectivity index (χ1) is 10.4. The molecule has 0 aliphatic carbocycles. The number of hydrazone groups is 1. The second-order valence-electron chi connectivity index (χ2n) is 4.13. The highest BCUT2D eigenvalue weighted by Gasteiger charge is 2.12. The number of carbonyl (C=O) groups excluding carboxylic acids is 1. The Morgan fingerprint density at radius 2 is 1.82 bits per heavy atom. The molecule has 0 heterocycles. The van der Waals surface area contributed by atoms with Crippen molar-refractivity contribution in [3.63, 3.8) is 0 Å². The average Bonchev–Trinajstić information content (AvgIpc) is 2.48. The van der Waals surface area contributed by atoms with Crippen molar-refractivity contribution < 1.29 is 15.0 Å². The maximum atomic E-state index is 11.9. The number of nitrogens with one attached hydrogen (secondary N) is 1.